The topological polar surface area (TPSA) is 34.1 Å². The molecule has 0 radical (unpaired) electrons. The zero-order valence-corrected chi connectivity index (χ0v) is 12.6. The molecule has 0 bridgehead atoms. The number of hydrogen-bond acceptors (Lipinski definition) is 2. The van der Waals surface area contributed by atoms with Gasteiger partial charge in [-0.3, -0.25) is 0 Å². The molecule has 1 unspecified atom stereocenters. The Morgan fingerprint density at radius 1 is 1.18 bits per heavy atom. The average molecular weight is 362 g/mol. The van der Waals surface area contributed by atoms with Gasteiger partial charge < -0.3 is 0 Å². The fraction of sp³-hybridized carbons (Fsp3) is 0.538. The van der Waals surface area contributed by atoms with Crippen molar-refractivity contribution >= 4 is 32.4 Å². The maximum Gasteiger partial charge on any atom is 0.181 e. The number of benzene rings is 1. The molecule has 0 heterocycles. The smallest absolute Gasteiger partial charge is 0.181 e. The van der Waals surface area contributed by atoms with Crippen molar-refractivity contribution < 1.29 is 8.42 Å². The Balaban J connectivity index is 1.91. The predicted molar refractivity (Wildman–Crippen MR) is 76.2 cm³/mol. The molecule has 92 valence electrons. The molecule has 1 aromatic carbocycles. The Labute approximate surface area is 116 Å². The Hall–Kier alpha value is -0.100. The van der Waals surface area contributed by atoms with E-state index in [0.717, 1.165) is 12.0 Å². The highest BCUT2D eigenvalue weighted by Crippen LogP contribution is 2.59. The van der Waals surface area contributed by atoms with Crippen molar-refractivity contribution in [2.75, 3.05) is 0 Å². The fourth-order valence-corrected chi connectivity index (χ4v) is 7.01. The van der Waals surface area contributed by atoms with Crippen LogP contribution in [0.2, 0.25) is 0 Å². The predicted octanol–water partition coefficient (Wildman–Crippen LogP) is 2.98. The first-order valence-corrected chi connectivity index (χ1v) is 8.75. The summed E-state index contributed by atoms with van der Waals surface area (Å²) >= 11 is 2.42. The molecule has 0 aliphatic heterocycles. The Bertz CT molecular complexity index is 535. The third kappa shape index (κ3) is 1.84. The average Bonchev–Trinajstić information content (AvgIpc) is 2.92. The second-order valence-electron chi connectivity index (χ2n) is 5.16. The summed E-state index contributed by atoms with van der Waals surface area (Å²) in [5.74, 6) is 0.852. The van der Waals surface area contributed by atoms with E-state index in [1.807, 2.05) is 19.1 Å². The van der Waals surface area contributed by atoms with E-state index >= 15 is 0 Å². The fourth-order valence-electron chi connectivity index (χ4n) is 3.06. The third-order valence-corrected chi connectivity index (χ3v) is 7.82. The number of sulfone groups is 1. The van der Waals surface area contributed by atoms with Crippen molar-refractivity contribution in [2.45, 2.75) is 33.8 Å². The van der Waals surface area contributed by atoms with Crippen LogP contribution in [0.3, 0.4) is 0 Å². The zero-order valence-electron chi connectivity index (χ0n) is 9.64. The lowest BCUT2D eigenvalue weighted by Crippen LogP contribution is -2.15. The van der Waals surface area contributed by atoms with Gasteiger partial charge in [0.15, 0.2) is 9.84 Å². The van der Waals surface area contributed by atoms with Gasteiger partial charge in [0, 0.05) is 3.92 Å². The molecule has 3 rings (SSSR count). The van der Waals surface area contributed by atoms with Crippen LogP contribution in [0.5, 0.6) is 0 Å². The summed E-state index contributed by atoms with van der Waals surface area (Å²) in [6.07, 6.45) is 2.28. The second-order valence-corrected chi connectivity index (χ2v) is 8.86. The molecule has 0 N–H and O–H groups in total. The van der Waals surface area contributed by atoms with Crippen LogP contribution in [0.15, 0.2) is 29.2 Å². The molecular formula is C13H15IO2S. The highest BCUT2D eigenvalue weighted by Gasteiger charge is 2.63. The SMILES string of the molecule is Cc1ccc(S(=O)(=O)C2[C@H]3[C@@H]2CC[C@@H]3I)cc1. The minimum atomic E-state index is -3.08. The first-order valence-electron chi connectivity index (χ1n) is 5.96. The van der Waals surface area contributed by atoms with Gasteiger partial charge in [0.2, 0.25) is 0 Å². The molecule has 0 spiro atoms. The summed E-state index contributed by atoms with van der Waals surface area (Å²) in [6.45, 7) is 1.98. The summed E-state index contributed by atoms with van der Waals surface area (Å²) in [7, 11) is -3.08. The maximum atomic E-state index is 12.5. The molecule has 2 nitrogen and oxygen atoms in total. The van der Waals surface area contributed by atoms with Crippen LogP contribution in [0.25, 0.3) is 0 Å². The van der Waals surface area contributed by atoms with Crippen LogP contribution < -0.4 is 0 Å². The van der Waals surface area contributed by atoms with E-state index in [1.54, 1.807) is 12.1 Å². The van der Waals surface area contributed by atoms with Crippen molar-refractivity contribution in [3.8, 4) is 0 Å². The molecule has 0 aromatic heterocycles. The van der Waals surface area contributed by atoms with Crippen LogP contribution in [0.4, 0.5) is 0 Å². The summed E-state index contributed by atoms with van der Waals surface area (Å²) in [5, 5.41) is -0.0964. The minimum absolute atomic E-state index is 0.0964. The van der Waals surface area contributed by atoms with Gasteiger partial charge in [0.25, 0.3) is 0 Å². The van der Waals surface area contributed by atoms with Crippen molar-refractivity contribution in [1.82, 2.24) is 0 Å². The third-order valence-electron chi connectivity index (χ3n) is 4.06. The molecule has 4 atom stereocenters. The van der Waals surface area contributed by atoms with Crippen LogP contribution >= 0.6 is 22.6 Å². The van der Waals surface area contributed by atoms with Gasteiger partial charge >= 0.3 is 0 Å². The van der Waals surface area contributed by atoms with Crippen molar-refractivity contribution in [2.24, 2.45) is 11.8 Å². The first-order chi connectivity index (χ1) is 8.01. The molecule has 2 aliphatic rings. The van der Waals surface area contributed by atoms with Crippen LogP contribution in [-0.2, 0) is 9.84 Å². The first kappa shape index (κ1) is 12.0. The summed E-state index contributed by atoms with van der Waals surface area (Å²) < 4.78 is 25.5. The van der Waals surface area contributed by atoms with Crippen LogP contribution in [-0.4, -0.2) is 17.6 Å². The normalized spacial score (nSPS) is 35.6. The van der Waals surface area contributed by atoms with E-state index in [4.69, 9.17) is 0 Å². The van der Waals surface area contributed by atoms with Crippen molar-refractivity contribution in [3.05, 3.63) is 29.8 Å². The van der Waals surface area contributed by atoms with Gasteiger partial charge in [0.1, 0.15) is 0 Å². The van der Waals surface area contributed by atoms with E-state index in [1.165, 1.54) is 6.42 Å². The molecule has 2 fully saturated rings. The van der Waals surface area contributed by atoms with E-state index in [2.05, 4.69) is 22.6 Å². The molecule has 2 aliphatic carbocycles. The van der Waals surface area contributed by atoms with Crippen LogP contribution in [0.1, 0.15) is 18.4 Å². The Kier molecular flexibility index (Phi) is 2.78. The van der Waals surface area contributed by atoms with E-state index in [-0.39, 0.29) is 5.25 Å². The van der Waals surface area contributed by atoms with Gasteiger partial charge in [-0.05, 0) is 43.7 Å². The lowest BCUT2D eigenvalue weighted by molar-refractivity contribution is 0.585. The van der Waals surface area contributed by atoms with Gasteiger partial charge in [-0.25, -0.2) is 8.42 Å². The van der Waals surface area contributed by atoms with E-state index in [9.17, 15) is 8.42 Å². The van der Waals surface area contributed by atoms with E-state index < -0.39 is 9.84 Å². The van der Waals surface area contributed by atoms with Gasteiger partial charge in [-0.2, -0.15) is 0 Å². The number of hydrogen-bond donors (Lipinski definition) is 0. The number of rotatable bonds is 2. The second kappa shape index (κ2) is 3.95. The molecule has 2 saturated carbocycles. The number of aryl methyl sites for hydroxylation is 1. The zero-order chi connectivity index (χ0) is 12.2. The Morgan fingerprint density at radius 3 is 2.35 bits per heavy atom. The lowest BCUT2D eigenvalue weighted by Gasteiger charge is -2.09. The minimum Gasteiger partial charge on any atom is -0.223 e. The number of fused-ring (bicyclic) bond motifs is 1. The lowest BCUT2D eigenvalue weighted by atomic mass is 10.2. The highest BCUT2D eigenvalue weighted by atomic mass is 127. The Morgan fingerprint density at radius 2 is 1.82 bits per heavy atom. The largest absolute Gasteiger partial charge is 0.223 e. The van der Waals surface area contributed by atoms with Crippen molar-refractivity contribution in [3.63, 3.8) is 0 Å². The highest BCUT2D eigenvalue weighted by molar-refractivity contribution is 14.1. The summed E-state index contributed by atoms with van der Waals surface area (Å²) in [4.78, 5) is 0.506. The summed E-state index contributed by atoms with van der Waals surface area (Å²) in [6, 6.07) is 7.26. The monoisotopic (exact) mass is 362 g/mol. The molecule has 0 saturated heterocycles. The van der Waals surface area contributed by atoms with Gasteiger partial charge in [-0.1, -0.05) is 40.3 Å². The number of halogens is 1. The van der Waals surface area contributed by atoms with Gasteiger partial charge in [0.05, 0.1) is 10.1 Å². The molecule has 0 amide bonds. The summed E-state index contributed by atoms with van der Waals surface area (Å²) in [5.41, 5.74) is 1.10. The standard InChI is InChI=1S/C13H15IO2S/c1-8-2-4-9(5-3-8)17(15,16)13-10-6-7-11(14)12(10)13/h2-5,10-13H,6-7H2,1H3/t10-,11-,12-,13?/m0/s1. The van der Waals surface area contributed by atoms with Crippen molar-refractivity contribution in [1.29, 1.82) is 0 Å². The molecule has 4 heteroatoms. The van der Waals surface area contributed by atoms with Gasteiger partial charge in [-0.15, -0.1) is 0 Å². The van der Waals surface area contributed by atoms with E-state index in [0.29, 0.717) is 20.7 Å². The van der Waals surface area contributed by atoms with Crippen LogP contribution in [0, 0.1) is 18.8 Å². The maximum absolute atomic E-state index is 12.5. The quantitative estimate of drug-likeness (QED) is 0.599. The number of alkyl halides is 1. The molecule has 17 heavy (non-hydrogen) atoms. The molecular weight excluding hydrogens is 347 g/mol. The molecule has 1 aromatic rings.